The minimum absolute atomic E-state index is 0.614. The minimum atomic E-state index is 0.614. The van der Waals surface area contributed by atoms with Crippen LogP contribution in [0.1, 0.15) is 44.4 Å². The Kier molecular flexibility index (Phi) is 4.05. The summed E-state index contributed by atoms with van der Waals surface area (Å²) in [6, 6.07) is 0. The van der Waals surface area contributed by atoms with E-state index in [1.54, 1.807) is 11.3 Å². The molecule has 96 valence electrons. The molecule has 0 amide bonds. The van der Waals surface area contributed by atoms with Crippen LogP contribution in [0.4, 0.5) is 5.13 Å². The Labute approximate surface area is 108 Å². The monoisotopic (exact) mass is 253 g/mol. The van der Waals surface area contributed by atoms with Crippen molar-refractivity contribution in [2.24, 2.45) is 5.41 Å². The highest BCUT2D eigenvalue weighted by atomic mass is 32.1. The van der Waals surface area contributed by atoms with Gasteiger partial charge in [0, 0.05) is 17.6 Å². The molecule has 4 heteroatoms. The van der Waals surface area contributed by atoms with Gasteiger partial charge in [0.25, 0.3) is 0 Å². The zero-order valence-corrected chi connectivity index (χ0v) is 11.7. The Bertz CT molecular complexity index is 347. The average molecular weight is 253 g/mol. The Morgan fingerprint density at radius 1 is 1.35 bits per heavy atom. The first-order valence-corrected chi connectivity index (χ1v) is 7.41. The van der Waals surface area contributed by atoms with Gasteiger partial charge in [-0.25, -0.2) is 4.98 Å². The molecule has 0 aromatic carbocycles. The van der Waals surface area contributed by atoms with Gasteiger partial charge in [-0.05, 0) is 31.3 Å². The van der Waals surface area contributed by atoms with Crippen LogP contribution in [0.5, 0.6) is 0 Å². The number of likely N-dealkylation sites (tertiary alicyclic amines) is 1. The van der Waals surface area contributed by atoms with Crippen molar-refractivity contribution in [1.82, 2.24) is 9.88 Å². The number of hydrogen-bond acceptors (Lipinski definition) is 4. The molecule has 2 rings (SSSR count). The highest BCUT2D eigenvalue weighted by Gasteiger charge is 2.31. The van der Waals surface area contributed by atoms with Crippen LogP contribution < -0.4 is 5.73 Å². The number of nitrogen functional groups attached to an aromatic ring is 1. The predicted octanol–water partition coefficient (Wildman–Crippen LogP) is 3.13. The third kappa shape index (κ3) is 2.99. The molecule has 1 saturated heterocycles. The molecule has 1 aliphatic heterocycles. The van der Waals surface area contributed by atoms with Crippen LogP contribution in [0.3, 0.4) is 0 Å². The summed E-state index contributed by atoms with van der Waals surface area (Å²) in [5, 5.41) is 0.688. The molecule has 3 nitrogen and oxygen atoms in total. The van der Waals surface area contributed by atoms with Crippen LogP contribution in [0, 0.1) is 5.41 Å². The maximum atomic E-state index is 5.66. The third-order valence-electron chi connectivity index (χ3n) is 4.37. The topological polar surface area (TPSA) is 42.2 Å². The Hall–Kier alpha value is -0.610. The number of nitrogens with zero attached hydrogens (tertiary/aromatic N) is 2. The van der Waals surface area contributed by atoms with Crippen molar-refractivity contribution in [2.75, 3.05) is 18.8 Å². The number of piperidine rings is 1. The standard InChI is InChI=1S/C13H23N3S/c1-3-13(4-2)5-7-16(8-6-13)10-11-9-15-12(14)17-11/h9H,3-8,10H2,1-2H3,(H2,14,15). The van der Waals surface area contributed by atoms with Crippen LogP contribution in [-0.4, -0.2) is 23.0 Å². The quantitative estimate of drug-likeness (QED) is 0.896. The van der Waals surface area contributed by atoms with Crippen LogP contribution in [0.15, 0.2) is 6.20 Å². The molecule has 0 bridgehead atoms. The second kappa shape index (κ2) is 5.36. The van der Waals surface area contributed by atoms with Gasteiger partial charge in [0.2, 0.25) is 0 Å². The molecule has 1 aromatic heterocycles. The van der Waals surface area contributed by atoms with Crippen molar-refractivity contribution in [2.45, 2.75) is 46.1 Å². The lowest BCUT2D eigenvalue weighted by Crippen LogP contribution is -2.39. The molecule has 1 aliphatic rings. The summed E-state index contributed by atoms with van der Waals surface area (Å²) in [6.07, 6.45) is 7.25. The van der Waals surface area contributed by atoms with Gasteiger partial charge in [-0.1, -0.05) is 26.7 Å². The second-order valence-corrected chi connectivity index (χ2v) is 6.29. The molecular weight excluding hydrogens is 230 g/mol. The number of aromatic nitrogens is 1. The summed E-state index contributed by atoms with van der Waals surface area (Å²) in [4.78, 5) is 7.95. The SMILES string of the molecule is CCC1(CC)CCN(Cc2cnc(N)s2)CC1. The minimum Gasteiger partial charge on any atom is -0.375 e. The molecule has 2 heterocycles. The van der Waals surface area contributed by atoms with E-state index in [4.69, 9.17) is 5.73 Å². The summed E-state index contributed by atoms with van der Waals surface area (Å²) in [6.45, 7) is 8.14. The Morgan fingerprint density at radius 3 is 2.47 bits per heavy atom. The Balaban J connectivity index is 1.87. The van der Waals surface area contributed by atoms with E-state index in [1.807, 2.05) is 6.20 Å². The summed E-state index contributed by atoms with van der Waals surface area (Å²) in [5.74, 6) is 0. The van der Waals surface area contributed by atoms with E-state index < -0.39 is 0 Å². The average Bonchev–Trinajstić information content (AvgIpc) is 2.76. The molecule has 0 saturated carbocycles. The fourth-order valence-corrected chi connectivity index (χ4v) is 3.49. The third-order valence-corrected chi connectivity index (χ3v) is 5.18. The van der Waals surface area contributed by atoms with Gasteiger partial charge in [0.1, 0.15) is 0 Å². The van der Waals surface area contributed by atoms with E-state index in [9.17, 15) is 0 Å². The summed E-state index contributed by atoms with van der Waals surface area (Å²) in [5.41, 5.74) is 6.27. The molecule has 1 aromatic rings. The highest BCUT2D eigenvalue weighted by molar-refractivity contribution is 7.15. The van der Waals surface area contributed by atoms with E-state index in [2.05, 4.69) is 23.7 Å². The molecule has 0 atom stereocenters. The number of thiazole rings is 1. The van der Waals surface area contributed by atoms with Crippen molar-refractivity contribution in [3.63, 3.8) is 0 Å². The van der Waals surface area contributed by atoms with Gasteiger partial charge in [0.05, 0.1) is 0 Å². The first kappa shape index (κ1) is 12.8. The molecule has 0 aliphatic carbocycles. The second-order valence-electron chi connectivity index (χ2n) is 5.15. The Morgan fingerprint density at radius 2 is 2.00 bits per heavy atom. The van der Waals surface area contributed by atoms with Gasteiger partial charge >= 0.3 is 0 Å². The molecule has 0 unspecified atom stereocenters. The summed E-state index contributed by atoms with van der Waals surface area (Å²) < 4.78 is 0. The van der Waals surface area contributed by atoms with Crippen molar-refractivity contribution in [1.29, 1.82) is 0 Å². The van der Waals surface area contributed by atoms with Crippen molar-refractivity contribution >= 4 is 16.5 Å². The van der Waals surface area contributed by atoms with Crippen LogP contribution in [0.2, 0.25) is 0 Å². The molecule has 2 N–H and O–H groups in total. The lowest BCUT2D eigenvalue weighted by atomic mass is 9.74. The molecule has 0 radical (unpaired) electrons. The number of hydrogen-bond donors (Lipinski definition) is 1. The van der Waals surface area contributed by atoms with E-state index >= 15 is 0 Å². The van der Waals surface area contributed by atoms with Crippen LogP contribution in [0.25, 0.3) is 0 Å². The normalized spacial score (nSPS) is 20.6. The first-order chi connectivity index (χ1) is 8.17. The largest absolute Gasteiger partial charge is 0.375 e. The fraction of sp³-hybridized carbons (Fsp3) is 0.769. The number of nitrogens with two attached hydrogens (primary N) is 1. The predicted molar refractivity (Wildman–Crippen MR) is 74.1 cm³/mol. The van der Waals surface area contributed by atoms with E-state index in [-0.39, 0.29) is 0 Å². The lowest BCUT2D eigenvalue weighted by molar-refractivity contribution is 0.0915. The van der Waals surface area contributed by atoms with Gasteiger partial charge in [-0.3, -0.25) is 4.90 Å². The smallest absolute Gasteiger partial charge is 0.180 e. The number of rotatable bonds is 4. The maximum absolute atomic E-state index is 5.66. The highest BCUT2D eigenvalue weighted by Crippen LogP contribution is 2.38. The van der Waals surface area contributed by atoms with E-state index in [0.29, 0.717) is 10.5 Å². The van der Waals surface area contributed by atoms with E-state index in [1.165, 1.54) is 43.6 Å². The molecule has 0 spiro atoms. The van der Waals surface area contributed by atoms with Crippen molar-refractivity contribution in [3.05, 3.63) is 11.1 Å². The van der Waals surface area contributed by atoms with Crippen molar-refractivity contribution < 1.29 is 0 Å². The first-order valence-electron chi connectivity index (χ1n) is 6.60. The molecule has 1 fully saturated rings. The summed E-state index contributed by atoms with van der Waals surface area (Å²) >= 11 is 1.62. The van der Waals surface area contributed by atoms with Crippen molar-refractivity contribution in [3.8, 4) is 0 Å². The zero-order valence-electron chi connectivity index (χ0n) is 10.9. The maximum Gasteiger partial charge on any atom is 0.180 e. The fourth-order valence-electron chi connectivity index (χ4n) is 2.76. The van der Waals surface area contributed by atoms with Crippen LogP contribution in [-0.2, 0) is 6.54 Å². The molecule has 17 heavy (non-hydrogen) atoms. The van der Waals surface area contributed by atoms with Gasteiger partial charge in [0.15, 0.2) is 5.13 Å². The summed E-state index contributed by atoms with van der Waals surface area (Å²) in [7, 11) is 0. The zero-order chi connectivity index (χ0) is 12.3. The van der Waals surface area contributed by atoms with Gasteiger partial charge in [-0.15, -0.1) is 11.3 Å². The van der Waals surface area contributed by atoms with Gasteiger partial charge in [-0.2, -0.15) is 0 Å². The van der Waals surface area contributed by atoms with E-state index in [0.717, 1.165) is 6.54 Å². The molecular formula is C13H23N3S. The number of anilines is 1. The van der Waals surface area contributed by atoms with Gasteiger partial charge < -0.3 is 5.73 Å². The lowest BCUT2D eigenvalue weighted by Gasteiger charge is -2.40. The van der Waals surface area contributed by atoms with Crippen LogP contribution >= 0.6 is 11.3 Å².